The van der Waals surface area contributed by atoms with Gasteiger partial charge in [0.1, 0.15) is 4.60 Å². The molecule has 2 aromatic rings. The fraction of sp³-hybridized carbons (Fsp3) is 0.143. The minimum atomic E-state index is -3.87. The Kier molecular flexibility index (Phi) is 4.23. The van der Waals surface area contributed by atoms with Crippen molar-refractivity contribution in [3.05, 3.63) is 20.0 Å². The maximum Gasteiger partial charge on any atom is 0.283 e. The summed E-state index contributed by atoms with van der Waals surface area (Å²) in [5, 5.41) is 7.11. The summed E-state index contributed by atoms with van der Waals surface area (Å²) in [4.78, 5) is 7.90. The largest absolute Gasteiger partial charge is 0.283 e. The molecule has 2 rings (SSSR count). The summed E-state index contributed by atoms with van der Waals surface area (Å²) in [6.07, 6.45) is 1.37. The fourth-order valence-corrected chi connectivity index (χ4v) is 4.35. The van der Waals surface area contributed by atoms with E-state index in [1.165, 1.54) is 13.2 Å². The van der Waals surface area contributed by atoms with Crippen LogP contribution in [0, 0.1) is 0 Å². The minimum Gasteiger partial charge on any atom is -0.260 e. The molecule has 0 amide bonds. The van der Waals surface area contributed by atoms with Crippen LogP contribution in [0.25, 0.3) is 0 Å². The number of hydrogen-bond acceptors (Lipinski definition) is 6. The first-order chi connectivity index (χ1) is 8.81. The van der Waals surface area contributed by atoms with Crippen molar-refractivity contribution in [3.8, 4) is 0 Å². The van der Waals surface area contributed by atoms with Gasteiger partial charge in [0.2, 0.25) is 5.03 Å². The Balaban J connectivity index is 2.42. The second-order valence-electron chi connectivity index (χ2n) is 3.25. The zero-order valence-electron chi connectivity index (χ0n) is 9.17. The van der Waals surface area contributed by atoms with Crippen LogP contribution in [-0.4, -0.2) is 33.4 Å². The Morgan fingerprint density at radius 3 is 2.47 bits per heavy atom. The quantitative estimate of drug-likeness (QED) is 0.723. The molecular formula is C7H5Br3N6O2S. The molecule has 8 nitrogen and oxygen atoms in total. The lowest BCUT2D eigenvalue weighted by Crippen LogP contribution is -2.18. The summed E-state index contributed by atoms with van der Waals surface area (Å²) < 4.78 is 28.7. The third-order valence-corrected chi connectivity index (χ3v) is 5.08. The SMILES string of the molecule is Cn1nnc(Br)c1S(=O)(=O)Nc1ncc(Br)nc1Br. The lowest BCUT2D eigenvalue weighted by atomic mass is 10.7. The zero-order chi connectivity index (χ0) is 14.2. The number of nitrogens with zero attached hydrogens (tertiary/aromatic N) is 5. The van der Waals surface area contributed by atoms with E-state index in [2.05, 4.69) is 72.8 Å². The number of halogens is 3. The maximum atomic E-state index is 12.2. The molecule has 0 aliphatic rings. The maximum absolute atomic E-state index is 12.2. The van der Waals surface area contributed by atoms with Crippen LogP contribution in [-0.2, 0) is 17.1 Å². The summed E-state index contributed by atoms with van der Waals surface area (Å²) in [6, 6.07) is 0. The highest BCUT2D eigenvalue weighted by atomic mass is 79.9. The molecule has 1 N–H and O–H groups in total. The molecule has 2 heterocycles. The number of hydrogen-bond donors (Lipinski definition) is 1. The number of nitrogens with one attached hydrogen (secondary N) is 1. The molecule has 0 saturated carbocycles. The molecule has 0 fully saturated rings. The smallest absolute Gasteiger partial charge is 0.260 e. The molecule has 0 aliphatic heterocycles. The molecular weight excluding hydrogens is 472 g/mol. The first kappa shape index (κ1) is 14.8. The van der Waals surface area contributed by atoms with E-state index in [-0.39, 0.29) is 20.1 Å². The molecule has 0 aromatic carbocycles. The molecule has 0 radical (unpaired) electrons. The Labute approximate surface area is 133 Å². The Morgan fingerprint density at radius 2 is 1.95 bits per heavy atom. The molecule has 12 heteroatoms. The average Bonchev–Trinajstić information content (AvgIpc) is 2.63. The van der Waals surface area contributed by atoms with Crippen LogP contribution < -0.4 is 4.72 Å². The van der Waals surface area contributed by atoms with Crippen molar-refractivity contribution >= 4 is 63.6 Å². The van der Waals surface area contributed by atoms with Gasteiger partial charge in [0.25, 0.3) is 10.0 Å². The molecule has 19 heavy (non-hydrogen) atoms. The van der Waals surface area contributed by atoms with Gasteiger partial charge < -0.3 is 0 Å². The van der Waals surface area contributed by atoms with Gasteiger partial charge in [-0.25, -0.2) is 14.6 Å². The van der Waals surface area contributed by atoms with Gasteiger partial charge >= 0.3 is 0 Å². The highest BCUT2D eigenvalue weighted by Gasteiger charge is 2.25. The van der Waals surface area contributed by atoms with Crippen molar-refractivity contribution in [2.75, 3.05) is 4.72 Å². The molecule has 0 aliphatic carbocycles. The van der Waals surface area contributed by atoms with Crippen molar-refractivity contribution in [2.45, 2.75) is 5.03 Å². The van der Waals surface area contributed by atoms with Crippen LogP contribution in [0.3, 0.4) is 0 Å². The molecule has 102 valence electrons. The summed E-state index contributed by atoms with van der Waals surface area (Å²) in [6.45, 7) is 0. The van der Waals surface area contributed by atoms with E-state index in [1.807, 2.05) is 0 Å². The van der Waals surface area contributed by atoms with Crippen molar-refractivity contribution in [1.82, 2.24) is 25.0 Å². The Morgan fingerprint density at radius 1 is 1.26 bits per heavy atom. The third-order valence-electron chi connectivity index (χ3n) is 1.92. The van der Waals surface area contributed by atoms with E-state index in [0.717, 1.165) is 4.68 Å². The van der Waals surface area contributed by atoms with Crippen LogP contribution in [0.2, 0.25) is 0 Å². The second kappa shape index (κ2) is 5.42. The van der Waals surface area contributed by atoms with E-state index in [0.29, 0.717) is 4.60 Å². The predicted molar refractivity (Wildman–Crippen MR) is 76.9 cm³/mol. The topological polar surface area (TPSA) is 103 Å². The van der Waals surface area contributed by atoms with Crippen molar-refractivity contribution in [3.63, 3.8) is 0 Å². The summed E-state index contributed by atoms with van der Waals surface area (Å²) in [7, 11) is -2.41. The van der Waals surface area contributed by atoms with Gasteiger partial charge in [-0.1, -0.05) is 5.21 Å². The van der Waals surface area contributed by atoms with Crippen molar-refractivity contribution in [1.29, 1.82) is 0 Å². The molecule has 0 spiro atoms. The summed E-state index contributed by atoms with van der Waals surface area (Å²) >= 11 is 9.27. The average molecular weight is 477 g/mol. The van der Waals surface area contributed by atoms with E-state index >= 15 is 0 Å². The van der Waals surface area contributed by atoms with Gasteiger partial charge in [-0.3, -0.25) is 4.72 Å². The van der Waals surface area contributed by atoms with Crippen LogP contribution in [0.5, 0.6) is 0 Å². The highest BCUT2D eigenvalue weighted by Crippen LogP contribution is 2.24. The van der Waals surface area contributed by atoms with Gasteiger partial charge in [0, 0.05) is 7.05 Å². The number of aromatic nitrogens is 5. The third kappa shape index (κ3) is 3.12. The van der Waals surface area contributed by atoms with Crippen LogP contribution in [0.4, 0.5) is 5.82 Å². The zero-order valence-corrected chi connectivity index (χ0v) is 14.7. The molecule has 0 atom stereocenters. The summed E-state index contributed by atoms with van der Waals surface area (Å²) in [5.74, 6) is 0.0660. The number of sulfonamides is 1. The lowest BCUT2D eigenvalue weighted by molar-refractivity contribution is 0.578. The van der Waals surface area contributed by atoms with Crippen LogP contribution >= 0.6 is 47.8 Å². The normalized spacial score (nSPS) is 11.6. The fourth-order valence-electron chi connectivity index (χ4n) is 1.20. The van der Waals surface area contributed by atoms with Gasteiger partial charge in [-0.2, -0.15) is 8.42 Å². The van der Waals surface area contributed by atoms with E-state index in [9.17, 15) is 8.42 Å². The van der Waals surface area contributed by atoms with Gasteiger partial charge in [-0.15, -0.1) is 5.10 Å². The molecule has 0 unspecified atom stereocenters. The summed E-state index contributed by atoms with van der Waals surface area (Å²) in [5.41, 5.74) is 0. The Hall–Kier alpha value is -0.590. The second-order valence-corrected chi connectivity index (χ2v) is 7.16. The monoisotopic (exact) mass is 474 g/mol. The van der Waals surface area contributed by atoms with Crippen molar-refractivity contribution in [2.24, 2.45) is 7.05 Å². The van der Waals surface area contributed by atoms with Crippen molar-refractivity contribution < 1.29 is 8.42 Å². The van der Waals surface area contributed by atoms with Crippen LogP contribution in [0.15, 0.2) is 25.0 Å². The standard InChI is InChI=1S/C7H5Br3N6O2S/c1-16-7(5(10)13-15-16)19(17,18)14-6-4(9)12-3(8)2-11-6/h2H,1H3,(H,11,14). The Bertz CT molecular complexity index is 711. The van der Waals surface area contributed by atoms with E-state index < -0.39 is 10.0 Å². The number of anilines is 1. The predicted octanol–water partition coefficient (Wildman–Crippen LogP) is 1.69. The molecule has 2 aromatic heterocycles. The van der Waals surface area contributed by atoms with Gasteiger partial charge in [-0.05, 0) is 47.8 Å². The van der Waals surface area contributed by atoms with E-state index in [4.69, 9.17) is 0 Å². The number of rotatable bonds is 3. The first-order valence-corrected chi connectivity index (χ1v) is 8.43. The minimum absolute atomic E-state index is 0.0660. The van der Waals surface area contributed by atoms with Gasteiger partial charge in [0.05, 0.1) is 6.20 Å². The van der Waals surface area contributed by atoms with Gasteiger partial charge in [0.15, 0.2) is 15.0 Å². The lowest BCUT2D eigenvalue weighted by Gasteiger charge is -2.08. The highest BCUT2D eigenvalue weighted by molar-refractivity contribution is 9.11. The molecule has 0 bridgehead atoms. The van der Waals surface area contributed by atoms with Crippen LogP contribution in [0.1, 0.15) is 0 Å². The first-order valence-electron chi connectivity index (χ1n) is 4.57. The number of aryl methyl sites for hydroxylation is 1. The molecule has 0 saturated heterocycles. The van der Waals surface area contributed by atoms with E-state index in [1.54, 1.807) is 0 Å².